The van der Waals surface area contributed by atoms with Gasteiger partial charge in [0.1, 0.15) is 4.83 Å². The number of alkyl halides is 1. The van der Waals surface area contributed by atoms with Crippen LogP contribution < -0.4 is 0 Å². The summed E-state index contributed by atoms with van der Waals surface area (Å²) in [7, 11) is 1.30. The first-order valence-corrected chi connectivity index (χ1v) is 5.83. The smallest absolute Gasteiger partial charge is 0.319 e. The normalized spacial score (nSPS) is 11.9. The molecule has 1 atom stereocenters. The van der Waals surface area contributed by atoms with Gasteiger partial charge in [-0.1, -0.05) is 22.0 Å². The average Bonchev–Trinajstić information content (AvgIpc) is 2.30. The van der Waals surface area contributed by atoms with Crippen LogP contribution >= 0.6 is 15.9 Å². The molecular weight excluding hydrogens is 290 g/mol. The summed E-state index contributed by atoms with van der Waals surface area (Å²) < 4.78 is 4.58. The van der Waals surface area contributed by atoms with Gasteiger partial charge in [0.15, 0.2) is 0 Å². The summed E-state index contributed by atoms with van der Waals surface area (Å²) in [5.41, 5.74) is 1.69. The van der Waals surface area contributed by atoms with Gasteiger partial charge in [0, 0.05) is 12.1 Å². The Bertz CT molecular complexity index is 447. The lowest BCUT2D eigenvalue weighted by molar-refractivity contribution is -0.384. The highest BCUT2D eigenvalue weighted by Gasteiger charge is 2.18. The maximum absolute atomic E-state index is 11.2. The summed E-state index contributed by atoms with van der Waals surface area (Å²) in [5.74, 6) is -0.393. The Kier molecular flexibility index (Phi) is 4.62. The van der Waals surface area contributed by atoms with Gasteiger partial charge < -0.3 is 4.74 Å². The monoisotopic (exact) mass is 301 g/mol. The third-order valence-corrected chi connectivity index (χ3v) is 3.10. The van der Waals surface area contributed by atoms with Crippen molar-refractivity contribution in [3.05, 3.63) is 39.4 Å². The largest absolute Gasteiger partial charge is 0.468 e. The van der Waals surface area contributed by atoms with Crippen LogP contribution in [0, 0.1) is 17.0 Å². The zero-order valence-corrected chi connectivity index (χ0v) is 11.1. The molecule has 0 heterocycles. The van der Waals surface area contributed by atoms with Crippen molar-refractivity contribution in [2.75, 3.05) is 7.11 Å². The van der Waals surface area contributed by atoms with Gasteiger partial charge in [-0.05, 0) is 24.5 Å². The summed E-state index contributed by atoms with van der Waals surface area (Å²) in [6.07, 6.45) is 0.361. The van der Waals surface area contributed by atoms with E-state index in [1.165, 1.54) is 19.2 Å². The number of nitrogens with zero attached hydrogens (tertiary/aromatic N) is 1. The predicted molar refractivity (Wildman–Crippen MR) is 66.3 cm³/mol. The fourth-order valence-electron chi connectivity index (χ4n) is 1.40. The molecule has 0 bridgehead atoms. The van der Waals surface area contributed by atoms with Crippen molar-refractivity contribution in [1.29, 1.82) is 0 Å². The number of hydrogen-bond donors (Lipinski definition) is 0. The molecule has 0 amide bonds. The van der Waals surface area contributed by atoms with E-state index in [1.54, 1.807) is 6.07 Å². The molecule has 0 radical (unpaired) electrons. The molecule has 0 aliphatic heterocycles. The predicted octanol–water partition coefficient (Wildman–Crippen LogP) is 2.38. The van der Waals surface area contributed by atoms with Crippen LogP contribution in [0.3, 0.4) is 0 Å². The molecule has 6 heteroatoms. The van der Waals surface area contributed by atoms with E-state index in [2.05, 4.69) is 20.7 Å². The molecular formula is C11H12BrNO4. The number of hydrogen-bond acceptors (Lipinski definition) is 4. The van der Waals surface area contributed by atoms with Gasteiger partial charge >= 0.3 is 5.97 Å². The second kappa shape index (κ2) is 5.77. The summed E-state index contributed by atoms with van der Waals surface area (Å²) in [5, 5.41) is 10.6. The van der Waals surface area contributed by atoms with E-state index in [0.29, 0.717) is 6.42 Å². The maximum atomic E-state index is 11.2. The molecule has 1 unspecified atom stereocenters. The lowest BCUT2D eigenvalue weighted by Gasteiger charge is -2.09. The number of esters is 1. The summed E-state index contributed by atoms with van der Waals surface area (Å²) >= 11 is 3.19. The first-order chi connectivity index (χ1) is 7.95. The highest BCUT2D eigenvalue weighted by atomic mass is 79.9. The van der Waals surface area contributed by atoms with Crippen LogP contribution in [0.2, 0.25) is 0 Å². The van der Waals surface area contributed by atoms with Crippen LogP contribution in [-0.4, -0.2) is 22.8 Å². The van der Waals surface area contributed by atoms with E-state index in [1.807, 2.05) is 6.92 Å². The van der Waals surface area contributed by atoms with Gasteiger partial charge in [-0.25, -0.2) is 0 Å². The molecule has 5 nitrogen and oxygen atoms in total. The van der Waals surface area contributed by atoms with Crippen molar-refractivity contribution in [1.82, 2.24) is 0 Å². The van der Waals surface area contributed by atoms with E-state index < -0.39 is 15.7 Å². The Hall–Kier alpha value is -1.43. The van der Waals surface area contributed by atoms with Gasteiger partial charge in [0.2, 0.25) is 0 Å². The summed E-state index contributed by atoms with van der Waals surface area (Å²) in [6.45, 7) is 1.84. The zero-order chi connectivity index (χ0) is 13.0. The van der Waals surface area contributed by atoms with E-state index in [-0.39, 0.29) is 5.69 Å². The van der Waals surface area contributed by atoms with Crippen LogP contribution in [0.4, 0.5) is 5.69 Å². The van der Waals surface area contributed by atoms with Crippen molar-refractivity contribution in [3.8, 4) is 0 Å². The minimum absolute atomic E-state index is 0.0233. The van der Waals surface area contributed by atoms with Crippen molar-refractivity contribution in [3.63, 3.8) is 0 Å². The van der Waals surface area contributed by atoms with E-state index in [0.717, 1.165) is 11.1 Å². The fraction of sp³-hybridized carbons (Fsp3) is 0.364. The number of carbonyl (C=O) groups is 1. The third-order valence-electron chi connectivity index (χ3n) is 2.40. The quantitative estimate of drug-likeness (QED) is 0.370. The number of carbonyl (C=O) groups excluding carboxylic acids is 1. The van der Waals surface area contributed by atoms with E-state index in [9.17, 15) is 14.9 Å². The first-order valence-electron chi connectivity index (χ1n) is 4.91. The number of ether oxygens (including phenoxy) is 1. The van der Waals surface area contributed by atoms with Crippen LogP contribution in [0.1, 0.15) is 11.1 Å². The molecule has 0 aliphatic carbocycles. The maximum Gasteiger partial charge on any atom is 0.319 e. The van der Waals surface area contributed by atoms with Crippen LogP contribution in [0.25, 0.3) is 0 Å². The Balaban J connectivity index is 2.93. The standard InChI is InChI=1S/C11H12BrNO4/c1-7-3-4-9(13(15)16)5-8(7)6-10(12)11(14)17-2/h3-5,10H,6H2,1-2H3. The number of methoxy groups -OCH3 is 1. The number of aryl methyl sites for hydroxylation is 1. The molecule has 0 fully saturated rings. The molecule has 0 saturated carbocycles. The van der Waals surface area contributed by atoms with Gasteiger partial charge in [-0.2, -0.15) is 0 Å². The second-order valence-electron chi connectivity index (χ2n) is 3.56. The van der Waals surface area contributed by atoms with E-state index >= 15 is 0 Å². The summed E-state index contributed by atoms with van der Waals surface area (Å²) in [6, 6.07) is 4.59. The Labute approximate surface area is 107 Å². The molecule has 0 aromatic heterocycles. The van der Waals surface area contributed by atoms with Crippen LogP contribution in [-0.2, 0) is 16.0 Å². The molecule has 0 aliphatic rings. The Morgan fingerprint density at radius 3 is 2.76 bits per heavy atom. The van der Waals surface area contributed by atoms with Gasteiger partial charge in [-0.3, -0.25) is 14.9 Å². The molecule has 1 aromatic carbocycles. The number of non-ortho nitro benzene ring substituents is 1. The molecule has 0 N–H and O–H groups in total. The Morgan fingerprint density at radius 1 is 1.59 bits per heavy atom. The summed E-state index contributed by atoms with van der Waals surface area (Å²) in [4.78, 5) is 20.9. The first kappa shape index (κ1) is 13.6. The lowest BCUT2D eigenvalue weighted by Crippen LogP contribution is -2.18. The average molecular weight is 302 g/mol. The van der Waals surface area contributed by atoms with Crippen molar-refractivity contribution in [2.45, 2.75) is 18.2 Å². The van der Waals surface area contributed by atoms with Gasteiger partial charge in [0.25, 0.3) is 5.69 Å². The van der Waals surface area contributed by atoms with Crippen LogP contribution in [0.15, 0.2) is 18.2 Å². The number of nitro groups is 1. The molecule has 1 aromatic rings. The highest BCUT2D eigenvalue weighted by Crippen LogP contribution is 2.21. The van der Waals surface area contributed by atoms with Gasteiger partial charge in [-0.15, -0.1) is 0 Å². The van der Waals surface area contributed by atoms with Gasteiger partial charge in [0.05, 0.1) is 12.0 Å². The van der Waals surface area contributed by atoms with Crippen molar-refractivity contribution >= 4 is 27.6 Å². The molecule has 0 saturated heterocycles. The second-order valence-corrected chi connectivity index (χ2v) is 4.67. The minimum atomic E-state index is -0.492. The molecule has 1 rings (SSSR count). The topological polar surface area (TPSA) is 69.4 Å². The zero-order valence-electron chi connectivity index (χ0n) is 9.47. The minimum Gasteiger partial charge on any atom is -0.468 e. The lowest BCUT2D eigenvalue weighted by atomic mass is 10.0. The number of benzene rings is 1. The Morgan fingerprint density at radius 2 is 2.24 bits per heavy atom. The SMILES string of the molecule is COC(=O)C(Br)Cc1cc([N+](=O)[O-])ccc1C. The molecule has 17 heavy (non-hydrogen) atoms. The number of halogens is 1. The molecule has 92 valence electrons. The number of nitro benzene ring substituents is 1. The van der Waals surface area contributed by atoms with Crippen molar-refractivity contribution in [2.24, 2.45) is 0 Å². The molecule has 0 spiro atoms. The fourth-order valence-corrected chi connectivity index (χ4v) is 1.93. The number of rotatable bonds is 4. The highest BCUT2D eigenvalue weighted by molar-refractivity contribution is 9.10. The third kappa shape index (κ3) is 3.52. The van der Waals surface area contributed by atoms with E-state index in [4.69, 9.17) is 0 Å². The van der Waals surface area contributed by atoms with Crippen LogP contribution in [0.5, 0.6) is 0 Å². The van der Waals surface area contributed by atoms with Crippen molar-refractivity contribution < 1.29 is 14.5 Å².